The molecule has 10 heteroatoms. The van der Waals surface area contributed by atoms with Gasteiger partial charge in [0.1, 0.15) is 22.9 Å². The van der Waals surface area contributed by atoms with Crippen LogP contribution in [0.25, 0.3) is 5.65 Å². The zero-order valence-corrected chi connectivity index (χ0v) is 16.5. The van der Waals surface area contributed by atoms with Gasteiger partial charge in [-0.3, -0.25) is 9.59 Å². The van der Waals surface area contributed by atoms with Crippen LogP contribution in [-0.2, 0) is 0 Å². The largest absolute Gasteiger partial charge is 0.391 e. The Morgan fingerprint density at radius 1 is 1.27 bits per heavy atom. The topological polar surface area (TPSA) is 126 Å². The second-order valence-corrected chi connectivity index (χ2v) is 7.79. The van der Waals surface area contributed by atoms with Crippen molar-refractivity contribution in [2.75, 3.05) is 17.7 Å². The first-order valence-electron chi connectivity index (χ1n) is 10.1. The average Bonchev–Trinajstić information content (AvgIpc) is 3.44. The lowest BCUT2D eigenvalue weighted by Crippen LogP contribution is -2.39. The molecule has 2 aliphatic carbocycles. The molecule has 0 bridgehead atoms. The normalized spacial score (nSPS) is 20.6. The minimum atomic E-state index is -0.498. The van der Waals surface area contributed by atoms with Crippen LogP contribution in [0.4, 0.5) is 17.3 Å². The monoisotopic (exact) mass is 409 g/mol. The highest BCUT2D eigenvalue weighted by Crippen LogP contribution is 2.31. The van der Waals surface area contributed by atoms with Gasteiger partial charge in [0, 0.05) is 25.4 Å². The molecule has 3 aromatic rings. The molecule has 3 heterocycles. The molecule has 4 N–H and O–H groups in total. The van der Waals surface area contributed by atoms with Crippen molar-refractivity contribution >= 4 is 28.9 Å². The minimum Gasteiger partial charge on any atom is -0.391 e. The molecule has 3 aromatic heterocycles. The van der Waals surface area contributed by atoms with Gasteiger partial charge in [0.05, 0.1) is 18.3 Å². The van der Waals surface area contributed by atoms with Crippen molar-refractivity contribution in [1.82, 2.24) is 24.5 Å². The number of nitrogens with one attached hydrogen (secondary N) is 3. The van der Waals surface area contributed by atoms with Crippen molar-refractivity contribution in [2.24, 2.45) is 0 Å². The van der Waals surface area contributed by atoms with Crippen molar-refractivity contribution in [1.29, 1.82) is 0 Å². The summed E-state index contributed by atoms with van der Waals surface area (Å²) in [5.74, 6) is 0.829. The van der Waals surface area contributed by atoms with Gasteiger partial charge >= 0.3 is 0 Å². The Kier molecular flexibility index (Phi) is 4.43. The molecule has 0 spiro atoms. The summed E-state index contributed by atoms with van der Waals surface area (Å²) < 4.78 is 3.11. The molecule has 2 atom stereocenters. The lowest BCUT2D eigenvalue weighted by Gasteiger charge is -2.34. The van der Waals surface area contributed by atoms with Crippen molar-refractivity contribution < 1.29 is 9.90 Å². The van der Waals surface area contributed by atoms with E-state index in [9.17, 15) is 14.7 Å². The van der Waals surface area contributed by atoms with Crippen LogP contribution in [0.1, 0.15) is 42.1 Å². The third-order valence-corrected chi connectivity index (χ3v) is 5.68. The maximum Gasteiger partial charge on any atom is 0.274 e. The highest BCUT2D eigenvalue weighted by molar-refractivity contribution is 6.00. The van der Waals surface area contributed by atoms with E-state index in [1.165, 1.54) is 6.20 Å². The van der Waals surface area contributed by atoms with E-state index in [1.54, 1.807) is 40.5 Å². The molecular formula is C20H23N7O3. The molecule has 0 aromatic carbocycles. The Hall–Kier alpha value is -3.40. The third-order valence-electron chi connectivity index (χ3n) is 5.68. The standard InChI is InChI=1S/C20H23N7O3/c1-21-17-9-16(24-13-3-2-8-26(20(13)30)14-6-7-15(14)28)25-18-12(10-22-27(17)18)19(29)23-11-4-5-11/h2-3,8-11,14-15,21,28H,4-7H2,1H3,(H,23,29)(H,24,25)/t14-,15+/m1/s1. The fourth-order valence-corrected chi connectivity index (χ4v) is 3.65. The van der Waals surface area contributed by atoms with Gasteiger partial charge in [-0.25, -0.2) is 4.98 Å². The Morgan fingerprint density at radius 3 is 2.77 bits per heavy atom. The average molecular weight is 409 g/mol. The molecular weight excluding hydrogens is 386 g/mol. The predicted molar refractivity (Wildman–Crippen MR) is 111 cm³/mol. The fraction of sp³-hybridized carbons (Fsp3) is 0.400. The number of fused-ring (bicyclic) bond motifs is 1. The molecule has 10 nitrogen and oxygen atoms in total. The highest BCUT2D eigenvalue weighted by Gasteiger charge is 2.31. The van der Waals surface area contributed by atoms with E-state index in [2.05, 4.69) is 26.0 Å². The summed E-state index contributed by atoms with van der Waals surface area (Å²) in [5.41, 5.74) is 0.895. The van der Waals surface area contributed by atoms with Crippen LogP contribution < -0.4 is 21.5 Å². The van der Waals surface area contributed by atoms with E-state index in [-0.39, 0.29) is 23.6 Å². The van der Waals surface area contributed by atoms with Crippen LogP contribution in [0.15, 0.2) is 35.4 Å². The summed E-state index contributed by atoms with van der Waals surface area (Å²) in [5, 5.41) is 23.3. The van der Waals surface area contributed by atoms with E-state index in [0.717, 1.165) is 19.3 Å². The number of amides is 1. The minimum absolute atomic E-state index is 0.199. The molecule has 0 saturated heterocycles. The summed E-state index contributed by atoms with van der Waals surface area (Å²) >= 11 is 0. The second-order valence-electron chi connectivity index (χ2n) is 7.79. The molecule has 156 valence electrons. The number of nitrogens with zero attached hydrogens (tertiary/aromatic N) is 4. The lowest BCUT2D eigenvalue weighted by atomic mass is 9.89. The van der Waals surface area contributed by atoms with Crippen LogP contribution in [0.3, 0.4) is 0 Å². The van der Waals surface area contributed by atoms with Crippen LogP contribution in [0.2, 0.25) is 0 Å². The van der Waals surface area contributed by atoms with Crippen molar-refractivity contribution in [3.63, 3.8) is 0 Å². The first kappa shape index (κ1) is 18.6. The first-order chi connectivity index (χ1) is 14.5. The molecule has 2 saturated carbocycles. The summed E-state index contributed by atoms with van der Waals surface area (Å²) in [4.78, 5) is 30.0. The number of aromatic nitrogens is 4. The number of aliphatic hydroxyl groups is 1. The number of rotatable bonds is 6. The number of hydrogen-bond acceptors (Lipinski definition) is 7. The van der Waals surface area contributed by atoms with E-state index < -0.39 is 6.10 Å². The van der Waals surface area contributed by atoms with Crippen molar-refractivity contribution in [3.8, 4) is 0 Å². The Labute approximate surface area is 171 Å². The molecule has 2 aliphatic rings. The maximum atomic E-state index is 12.9. The maximum absolute atomic E-state index is 12.9. The molecule has 2 fully saturated rings. The first-order valence-corrected chi connectivity index (χ1v) is 10.1. The molecule has 0 unspecified atom stereocenters. The van der Waals surface area contributed by atoms with Crippen LogP contribution in [0, 0.1) is 0 Å². The van der Waals surface area contributed by atoms with Gasteiger partial charge in [0.15, 0.2) is 5.65 Å². The fourth-order valence-electron chi connectivity index (χ4n) is 3.65. The summed E-state index contributed by atoms with van der Waals surface area (Å²) in [6.07, 6.45) is 6.14. The van der Waals surface area contributed by atoms with Crippen LogP contribution in [-0.4, -0.2) is 49.4 Å². The Bertz CT molecular complexity index is 1180. The smallest absolute Gasteiger partial charge is 0.274 e. The molecule has 1 amide bonds. The Morgan fingerprint density at radius 2 is 2.10 bits per heavy atom. The number of carbonyl (C=O) groups is 1. The quantitative estimate of drug-likeness (QED) is 0.483. The van der Waals surface area contributed by atoms with E-state index >= 15 is 0 Å². The van der Waals surface area contributed by atoms with E-state index in [4.69, 9.17) is 0 Å². The number of pyridine rings is 1. The SMILES string of the molecule is CNc1cc(Nc2cccn([C@@H]3CC[C@@H]3O)c2=O)nc2c(C(=O)NC3CC3)cnn12. The number of carbonyl (C=O) groups excluding carboxylic acids is 1. The van der Waals surface area contributed by atoms with Gasteiger partial charge in [-0.05, 0) is 37.8 Å². The molecule has 0 radical (unpaired) electrons. The van der Waals surface area contributed by atoms with Crippen molar-refractivity contribution in [2.45, 2.75) is 43.9 Å². The summed E-state index contributed by atoms with van der Waals surface area (Å²) in [7, 11) is 1.75. The van der Waals surface area contributed by atoms with Gasteiger partial charge in [0.2, 0.25) is 0 Å². The van der Waals surface area contributed by atoms with Crippen LogP contribution >= 0.6 is 0 Å². The van der Waals surface area contributed by atoms with Crippen LogP contribution in [0.5, 0.6) is 0 Å². The zero-order valence-electron chi connectivity index (χ0n) is 16.5. The highest BCUT2D eigenvalue weighted by atomic mass is 16.3. The molecule has 0 aliphatic heterocycles. The Balaban J connectivity index is 1.51. The van der Waals surface area contributed by atoms with E-state index in [0.29, 0.717) is 35.0 Å². The van der Waals surface area contributed by atoms with Crippen molar-refractivity contribution in [3.05, 3.63) is 46.5 Å². The summed E-state index contributed by atoms with van der Waals surface area (Å²) in [6.45, 7) is 0. The predicted octanol–water partition coefficient (Wildman–Crippen LogP) is 1.26. The van der Waals surface area contributed by atoms with E-state index in [1.807, 2.05) is 0 Å². The summed E-state index contributed by atoms with van der Waals surface area (Å²) in [6, 6.07) is 5.18. The molecule has 5 rings (SSSR count). The number of hydrogen-bond donors (Lipinski definition) is 4. The van der Waals surface area contributed by atoms with Gasteiger partial charge in [0.25, 0.3) is 11.5 Å². The lowest BCUT2D eigenvalue weighted by molar-refractivity contribution is 0.0300. The second kappa shape index (κ2) is 7.13. The zero-order chi connectivity index (χ0) is 20.8. The van der Waals surface area contributed by atoms with Gasteiger partial charge < -0.3 is 25.6 Å². The number of aliphatic hydroxyl groups excluding tert-OH is 1. The van der Waals surface area contributed by atoms with Gasteiger partial charge in [-0.2, -0.15) is 9.61 Å². The van der Waals surface area contributed by atoms with Gasteiger partial charge in [-0.15, -0.1) is 0 Å². The van der Waals surface area contributed by atoms with Gasteiger partial charge in [-0.1, -0.05) is 0 Å². The third kappa shape index (κ3) is 3.18. The number of anilines is 3. The molecule has 30 heavy (non-hydrogen) atoms.